The zero-order valence-corrected chi connectivity index (χ0v) is 22.5. The maximum Gasteiger partial charge on any atom is 0.416 e. The maximum atomic E-state index is 14.4. The van der Waals surface area contributed by atoms with E-state index >= 15 is 0 Å². The minimum Gasteiger partial charge on any atom is -0.493 e. The molecule has 9 nitrogen and oxygen atoms in total. The molecular formula is C28H34F4N4O5. The molecule has 0 saturated carbocycles. The molecular weight excluding hydrogens is 548 g/mol. The summed E-state index contributed by atoms with van der Waals surface area (Å²) in [7, 11) is 1.38. The van der Waals surface area contributed by atoms with Crippen molar-refractivity contribution in [2.75, 3.05) is 20.2 Å². The zero-order chi connectivity index (χ0) is 30.2. The van der Waals surface area contributed by atoms with Crippen LogP contribution >= 0.6 is 0 Å². The van der Waals surface area contributed by atoms with Gasteiger partial charge >= 0.3 is 6.18 Å². The van der Waals surface area contributed by atoms with E-state index in [9.17, 15) is 37.1 Å². The van der Waals surface area contributed by atoms with Gasteiger partial charge in [0.1, 0.15) is 17.6 Å². The maximum absolute atomic E-state index is 14.4. The molecule has 0 radical (unpaired) electrons. The van der Waals surface area contributed by atoms with Crippen molar-refractivity contribution in [3.8, 4) is 5.75 Å². The van der Waals surface area contributed by atoms with E-state index in [4.69, 9.17) is 10.5 Å². The predicted octanol–water partition coefficient (Wildman–Crippen LogP) is 2.29. The van der Waals surface area contributed by atoms with E-state index in [2.05, 4.69) is 10.6 Å². The van der Waals surface area contributed by atoms with Crippen LogP contribution in [0.1, 0.15) is 42.4 Å². The first-order valence-electron chi connectivity index (χ1n) is 13.1. The first-order valence-corrected chi connectivity index (χ1v) is 13.1. The van der Waals surface area contributed by atoms with Crippen molar-refractivity contribution >= 4 is 17.7 Å². The van der Waals surface area contributed by atoms with Crippen molar-refractivity contribution in [2.24, 2.45) is 5.73 Å². The van der Waals surface area contributed by atoms with E-state index in [-0.39, 0.29) is 38.3 Å². The highest BCUT2D eigenvalue weighted by Crippen LogP contribution is 2.29. The first-order chi connectivity index (χ1) is 19.3. The summed E-state index contributed by atoms with van der Waals surface area (Å²) in [5, 5.41) is 16.6. The number of aliphatic hydroxyl groups excluding tert-OH is 1. The van der Waals surface area contributed by atoms with E-state index in [1.807, 2.05) is 0 Å². The van der Waals surface area contributed by atoms with Gasteiger partial charge in [0.05, 0.1) is 30.7 Å². The average Bonchev–Trinajstić information content (AvgIpc) is 2.89. The molecule has 13 heteroatoms. The molecule has 3 rings (SSSR count). The Morgan fingerprint density at radius 2 is 1.98 bits per heavy atom. The molecule has 41 heavy (non-hydrogen) atoms. The number of carbonyl (C=O) groups excluding carboxylic acids is 3. The number of nitrogens with one attached hydrogen (secondary N) is 2. The van der Waals surface area contributed by atoms with Crippen molar-refractivity contribution in [1.82, 2.24) is 15.5 Å². The topological polar surface area (TPSA) is 134 Å². The molecule has 0 fully saturated rings. The van der Waals surface area contributed by atoms with Crippen LogP contribution in [0, 0.1) is 5.82 Å². The second-order valence-corrected chi connectivity index (χ2v) is 10.0. The summed E-state index contributed by atoms with van der Waals surface area (Å²) >= 11 is 0. The Bertz CT molecular complexity index is 1230. The number of nitrogens with zero attached hydrogens (tertiary/aromatic N) is 1. The summed E-state index contributed by atoms with van der Waals surface area (Å²) in [6, 6.07) is 6.41. The molecule has 1 aliphatic heterocycles. The number of hydrogen-bond donors (Lipinski definition) is 4. The summed E-state index contributed by atoms with van der Waals surface area (Å²) in [6.45, 7) is 0.0452. The van der Waals surface area contributed by atoms with Crippen LogP contribution in [-0.4, -0.2) is 66.1 Å². The largest absolute Gasteiger partial charge is 0.493 e. The number of benzene rings is 2. The highest BCUT2D eigenvalue weighted by molar-refractivity contribution is 5.91. The van der Waals surface area contributed by atoms with Gasteiger partial charge in [0.2, 0.25) is 17.7 Å². The van der Waals surface area contributed by atoms with Gasteiger partial charge in [-0.2, -0.15) is 13.2 Å². The van der Waals surface area contributed by atoms with Crippen LogP contribution in [0.4, 0.5) is 17.6 Å². The number of carbonyl (C=O) groups is 3. The number of aliphatic hydroxyl groups is 1. The van der Waals surface area contributed by atoms with Gasteiger partial charge in [0.25, 0.3) is 0 Å². The molecule has 224 valence electrons. The number of likely N-dealkylation sites (N-methyl/N-ethyl adjacent to an activating group) is 1. The normalized spacial score (nSPS) is 19.9. The number of fused-ring (bicyclic) bond motifs is 2. The van der Waals surface area contributed by atoms with Crippen molar-refractivity contribution in [3.63, 3.8) is 0 Å². The van der Waals surface area contributed by atoms with Gasteiger partial charge in [-0.15, -0.1) is 0 Å². The minimum absolute atomic E-state index is 0.0128. The van der Waals surface area contributed by atoms with E-state index in [0.717, 1.165) is 17.0 Å². The number of primary amides is 1. The Hall–Kier alpha value is -3.71. The van der Waals surface area contributed by atoms with Crippen molar-refractivity contribution in [2.45, 2.75) is 63.0 Å². The average molecular weight is 583 g/mol. The lowest BCUT2D eigenvalue weighted by molar-refractivity contribution is -0.141. The van der Waals surface area contributed by atoms with Crippen LogP contribution in [0.2, 0.25) is 0 Å². The quantitative estimate of drug-likeness (QED) is 0.371. The summed E-state index contributed by atoms with van der Waals surface area (Å²) in [5.41, 5.74) is 5.25. The van der Waals surface area contributed by atoms with E-state index in [0.29, 0.717) is 24.0 Å². The summed E-state index contributed by atoms with van der Waals surface area (Å²) in [5.74, 6) is -2.31. The van der Waals surface area contributed by atoms with Gasteiger partial charge in [-0.1, -0.05) is 18.2 Å². The molecule has 1 aliphatic rings. The SMILES string of the molecule is CN1C(=O)CCCCOc2cc(F)cc(c2)C[C@@H]([C@H](O)CNCc2cccc(C(F)(F)F)c2)NC(=O)C1CC(N)=O. The number of amides is 3. The van der Waals surface area contributed by atoms with Crippen molar-refractivity contribution in [3.05, 3.63) is 65.0 Å². The lowest BCUT2D eigenvalue weighted by atomic mass is 9.99. The van der Waals surface area contributed by atoms with E-state index < -0.39 is 59.9 Å². The molecule has 2 aromatic rings. The second kappa shape index (κ2) is 14.3. The number of hydrogen-bond acceptors (Lipinski definition) is 6. The van der Waals surface area contributed by atoms with E-state index in [1.165, 1.54) is 31.3 Å². The summed E-state index contributed by atoms with van der Waals surface area (Å²) in [6.07, 6.45) is -5.35. The lowest BCUT2D eigenvalue weighted by Crippen LogP contribution is -2.55. The fourth-order valence-electron chi connectivity index (χ4n) is 4.52. The third kappa shape index (κ3) is 9.71. The van der Waals surface area contributed by atoms with Gasteiger partial charge in [-0.25, -0.2) is 4.39 Å². The lowest BCUT2D eigenvalue weighted by Gasteiger charge is -2.30. The number of ether oxygens (including phenoxy) is 1. The van der Waals surface area contributed by atoms with E-state index in [1.54, 1.807) is 6.07 Å². The van der Waals surface area contributed by atoms with Crippen LogP contribution in [0.5, 0.6) is 5.75 Å². The molecule has 2 aromatic carbocycles. The van der Waals surface area contributed by atoms with Gasteiger partial charge in [-0.3, -0.25) is 14.4 Å². The molecule has 0 aliphatic carbocycles. The second-order valence-electron chi connectivity index (χ2n) is 10.0. The highest BCUT2D eigenvalue weighted by Gasteiger charge is 2.32. The molecule has 1 heterocycles. The molecule has 3 atom stereocenters. The van der Waals surface area contributed by atoms with Crippen molar-refractivity contribution < 1.29 is 41.8 Å². The standard InChI is InChI=1S/C28H34F4N4O5/c1-36-23(14-25(33)38)27(40)35-22(24(37)16-34-15-17-5-4-6-19(9-17)28(30,31)32)12-18-10-20(29)13-21(11-18)41-8-3-2-7-26(36)39/h4-6,9-11,13,22-24,34,37H,2-3,7-8,12,14-16H2,1H3,(H2,33,38)(H,35,40)/t22-,23?,24+/m0/s1. The molecule has 3 amide bonds. The van der Waals surface area contributed by atoms with Crippen molar-refractivity contribution in [1.29, 1.82) is 0 Å². The van der Waals surface area contributed by atoms with Gasteiger partial charge < -0.3 is 31.1 Å². The number of rotatable bonds is 7. The number of halogens is 4. The van der Waals surface area contributed by atoms with Crippen LogP contribution in [0.15, 0.2) is 42.5 Å². The third-order valence-corrected chi connectivity index (χ3v) is 6.73. The Morgan fingerprint density at radius 1 is 1.22 bits per heavy atom. The van der Waals surface area contributed by atoms with Crippen LogP contribution in [-0.2, 0) is 33.5 Å². The molecule has 0 spiro atoms. The van der Waals surface area contributed by atoms with Gasteiger partial charge in [0.15, 0.2) is 0 Å². The molecule has 0 saturated heterocycles. The minimum atomic E-state index is -4.51. The van der Waals surface area contributed by atoms with Crippen LogP contribution in [0.3, 0.4) is 0 Å². The fraction of sp³-hybridized carbons (Fsp3) is 0.464. The molecule has 5 N–H and O–H groups in total. The predicted molar refractivity (Wildman–Crippen MR) is 141 cm³/mol. The van der Waals surface area contributed by atoms with Crippen LogP contribution < -0.4 is 21.1 Å². The Kier molecular flexibility index (Phi) is 11.1. The van der Waals surface area contributed by atoms with Gasteiger partial charge in [0, 0.05) is 32.6 Å². The zero-order valence-electron chi connectivity index (χ0n) is 22.5. The van der Waals surface area contributed by atoms with Gasteiger partial charge in [-0.05, 0) is 48.6 Å². The highest BCUT2D eigenvalue weighted by atomic mass is 19.4. The Balaban J connectivity index is 1.83. The Labute approximate surface area is 235 Å². The number of nitrogens with two attached hydrogens (primary N) is 1. The summed E-state index contributed by atoms with van der Waals surface area (Å²) < 4.78 is 59.2. The molecule has 2 bridgehead atoms. The Morgan fingerprint density at radius 3 is 2.68 bits per heavy atom. The number of alkyl halides is 3. The fourth-order valence-corrected chi connectivity index (χ4v) is 4.52. The smallest absolute Gasteiger partial charge is 0.416 e. The first kappa shape index (κ1) is 31.8. The van der Waals surface area contributed by atoms with Crippen LogP contribution in [0.25, 0.3) is 0 Å². The monoisotopic (exact) mass is 582 g/mol. The summed E-state index contributed by atoms with van der Waals surface area (Å²) in [4.78, 5) is 38.9. The third-order valence-electron chi connectivity index (χ3n) is 6.73. The molecule has 1 unspecified atom stereocenters. The molecule has 0 aromatic heterocycles.